The second-order valence-electron chi connectivity index (χ2n) is 6.11. The Morgan fingerprint density at radius 2 is 1.96 bits per heavy atom. The maximum absolute atomic E-state index is 13.0. The van der Waals surface area contributed by atoms with Crippen LogP contribution in [-0.2, 0) is 16.1 Å². The van der Waals surface area contributed by atoms with E-state index in [1.807, 2.05) is 0 Å². The number of carboxylic acid groups (broad SMARTS) is 1. The SMILES string of the molecule is COCCOc1ccccc1CNC(=O)N1C[C@@H](C(F)(F)F)[C@H](C(=O)O)C1. The molecule has 1 aliphatic heterocycles. The van der Waals surface area contributed by atoms with Crippen molar-refractivity contribution < 1.29 is 37.3 Å². The Morgan fingerprint density at radius 1 is 1.26 bits per heavy atom. The first-order chi connectivity index (χ1) is 12.7. The topological polar surface area (TPSA) is 88.1 Å². The molecule has 2 atom stereocenters. The van der Waals surface area contributed by atoms with Crippen LogP contribution in [0, 0.1) is 11.8 Å². The summed E-state index contributed by atoms with van der Waals surface area (Å²) in [6, 6.07) is 6.15. The van der Waals surface area contributed by atoms with Crippen molar-refractivity contribution in [1.82, 2.24) is 10.2 Å². The van der Waals surface area contributed by atoms with Gasteiger partial charge < -0.3 is 24.8 Å². The predicted octanol–water partition coefficient (Wildman–Crippen LogP) is 2.12. The summed E-state index contributed by atoms with van der Waals surface area (Å²) in [6.45, 7) is -0.451. The Balaban J connectivity index is 1.97. The molecule has 7 nitrogen and oxygen atoms in total. The second-order valence-corrected chi connectivity index (χ2v) is 6.11. The van der Waals surface area contributed by atoms with Gasteiger partial charge in [0.1, 0.15) is 12.4 Å². The van der Waals surface area contributed by atoms with Crippen LogP contribution < -0.4 is 10.1 Å². The fraction of sp³-hybridized carbons (Fsp3) is 0.529. The Kier molecular flexibility index (Phi) is 6.89. The molecule has 1 aromatic rings. The lowest BCUT2D eigenvalue weighted by Gasteiger charge is -2.19. The molecule has 1 fully saturated rings. The fourth-order valence-electron chi connectivity index (χ4n) is 2.86. The van der Waals surface area contributed by atoms with Gasteiger partial charge >= 0.3 is 18.2 Å². The predicted molar refractivity (Wildman–Crippen MR) is 88.3 cm³/mol. The fourth-order valence-corrected chi connectivity index (χ4v) is 2.86. The van der Waals surface area contributed by atoms with Crippen LogP contribution in [0.5, 0.6) is 5.75 Å². The van der Waals surface area contributed by atoms with Crippen molar-refractivity contribution in [1.29, 1.82) is 0 Å². The van der Waals surface area contributed by atoms with Crippen LogP contribution in [0.3, 0.4) is 0 Å². The maximum Gasteiger partial charge on any atom is 0.394 e. The van der Waals surface area contributed by atoms with Gasteiger partial charge in [-0.3, -0.25) is 4.79 Å². The number of alkyl halides is 3. The maximum atomic E-state index is 13.0. The number of rotatable bonds is 7. The molecule has 0 aromatic heterocycles. The molecule has 2 N–H and O–H groups in total. The number of methoxy groups -OCH3 is 1. The molecule has 150 valence electrons. The highest BCUT2D eigenvalue weighted by atomic mass is 19.4. The van der Waals surface area contributed by atoms with E-state index in [0.29, 0.717) is 24.5 Å². The largest absolute Gasteiger partial charge is 0.491 e. The number of likely N-dealkylation sites (tertiary alicyclic amines) is 1. The van der Waals surface area contributed by atoms with Gasteiger partial charge in [0.25, 0.3) is 0 Å². The number of amides is 2. The van der Waals surface area contributed by atoms with Gasteiger partial charge in [-0.25, -0.2) is 4.79 Å². The molecule has 10 heteroatoms. The summed E-state index contributed by atoms with van der Waals surface area (Å²) >= 11 is 0. The first kappa shape index (κ1) is 20.8. The number of nitrogens with zero attached hydrogens (tertiary/aromatic N) is 1. The number of carbonyl (C=O) groups is 2. The highest BCUT2D eigenvalue weighted by Gasteiger charge is 2.53. The van der Waals surface area contributed by atoms with Crippen LogP contribution in [0.15, 0.2) is 24.3 Å². The van der Waals surface area contributed by atoms with E-state index in [-0.39, 0.29) is 6.54 Å². The number of hydrogen-bond donors (Lipinski definition) is 2. The van der Waals surface area contributed by atoms with Crippen molar-refractivity contribution in [2.75, 3.05) is 33.4 Å². The number of para-hydroxylation sites is 1. The number of carbonyl (C=O) groups excluding carboxylic acids is 1. The van der Waals surface area contributed by atoms with E-state index in [2.05, 4.69) is 5.32 Å². The number of halogens is 3. The second kappa shape index (κ2) is 8.94. The van der Waals surface area contributed by atoms with Crippen LogP contribution in [0.25, 0.3) is 0 Å². The zero-order chi connectivity index (χ0) is 20.0. The molecule has 27 heavy (non-hydrogen) atoms. The summed E-state index contributed by atoms with van der Waals surface area (Å²) in [5.41, 5.74) is 0.642. The lowest BCUT2D eigenvalue weighted by Crippen LogP contribution is -2.39. The lowest BCUT2D eigenvalue weighted by atomic mass is 9.96. The Hall–Kier alpha value is -2.49. The van der Waals surface area contributed by atoms with Gasteiger partial charge in [-0.2, -0.15) is 13.2 Å². The number of nitrogens with one attached hydrogen (secondary N) is 1. The van der Waals surface area contributed by atoms with Gasteiger partial charge in [-0.05, 0) is 6.07 Å². The van der Waals surface area contributed by atoms with E-state index in [9.17, 15) is 22.8 Å². The van der Waals surface area contributed by atoms with Crippen molar-refractivity contribution in [2.24, 2.45) is 11.8 Å². The molecule has 0 bridgehead atoms. The third-order valence-corrected chi connectivity index (χ3v) is 4.29. The van der Waals surface area contributed by atoms with Crippen molar-refractivity contribution in [3.63, 3.8) is 0 Å². The average molecular weight is 390 g/mol. The Morgan fingerprint density at radius 3 is 2.56 bits per heavy atom. The molecule has 2 amide bonds. The zero-order valence-electron chi connectivity index (χ0n) is 14.7. The first-order valence-electron chi connectivity index (χ1n) is 8.26. The summed E-state index contributed by atoms with van der Waals surface area (Å²) in [5.74, 6) is -4.79. The smallest absolute Gasteiger partial charge is 0.394 e. The van der Waals surface area contributed by atoms with Crippen LogP contribution >= 0.6 is 0 Å². The number of hydrogen-bond acceptors (Lipinski definition) is 4. The lowest BCUT2D eigenvalue weighted by molar-refractivity contribution is -0.187. The number of benzene rings is 1. The number of carboxylic acids is 1. The van der Waals surface area contributed by atoms with Gasteiger partial charge in [0, 0.05) is 32.3 Å². The van der Waals surface area contributed by atoms with Crippen molar-refractivity contribution >= 4 is 12.0 Å². The number of ether oxygens (including phenoxy) is 2. The highest BCUT2D eigenvalue weighted by molar-refractivity contribution is 5.77. The molecule has 0 unspecified atom stereocenters. The Labute approximate surface area is 154 Å². The van der Waals surface area contributed by atoms with Crippen LogP contribution in [-0.4, -0.2) is 61.6 Å². The standard InChI is InChI=1S/C17H21F3N2O5/c1-26-6-7-27-14-5-3-2-4-11(14)8-21-16(25)22-9-12(15(23)24)13(10-22)17(18,19)20/h2-5,12-13H,6-10H2,1H3,(H,21,25)(H,23,24)/t12-,13-/m1/s1. The molecule has 0 radical (unpaired) electrons. The van der Waals surface area contributed by atoms with Gasteiger partial charge in [0.05, 0.1) is 18.4 Å². The van der Waals surface area contributed by atoms with E-state index in [1.165, 1.54) is 7.11 Å². The van der Waals surface area contributed by atoms with Crippen LogP contribution in [0.4, 0.5) is 18.0 Å². The number of urea groups is 1. The van der Waals surface area contributed by atoms with Crippen molar-refractivity contribution in [3.8, 4) is 5.75 Å². The summed E-state index contributed by atoms with van der Waals surface area (Å²) in [4.78, 5) is 24.2. The van der Waals surface area contributed by atoms with Crippen LogP contribution in [0.1, 0.15) is 5.56 Å². The Bertz CT molecular complexity index is 668. The van der Waals surface area contributed by atoms with Gasteiger partial charge in [0.15, 0.2) is 0 Å². The van der Waals surface area contributed by atoms with E-state index >= 15 is 0 Å². The summed E-state index contributed by atoms with van der Waals surface area (Å²) in [7, 11) is 1.53. The molecule has 1 saturated heterocycles. The third-order valence-electron chi connectivity index (χ3n) is 4.29. The first-order valence-corrected chi connectivity index (χ1v) is 8.26. The molecule has 0 aliphatic carbocycles. The molecular formula is C17H21F3N2O5. The quantitative estimate of drug-likeness (QED) is 0.697. The van der Waals surface area contributed by atoms with Crippen LogP contribution in [0.2, 0.25) is 0 Å². The van der Waals surface area contributed by atoms with E-state index in [0.717, 1.165) is 4.90 Å². The minimum absolute atomic E-state index is 0.0346. The zero-order valence-corrected chi connectivity index (χ0v) is 14.7. The molecular weight excluding hydrogens is 369 g/mol. The monoisotopic (exact) mass is 390 g/mol. The van der Waals surface area contributed by atoms with Gasteiger partial charge in [-0.15, -0.1) is 0 Å². The van der Waals surface area contributed by atoms with E-state index in [4.69, 9.17) is 14.6 Å². The molecule has 0 spiro atoms. The van der Waals surface area contributed by atoms with Crippen molar-refractivity contribution in [2.45, 2.75) is 12.7 Å². The molecule has 2 rings (SSSR count). The summed E-state index contributed by atoms with van der Waals surface area (Å²) in [5, 5.41) is 11.5. The van der Waals surface area contributed by atoms with Gasteiger partial charge in [-0.1, -0.05) is 18.2 Å². The van der Waals surface area contributed by atoms with Crippen molar-refractivity contribution in [3.05, 3.63) is 29.8 Å². The van der Waals surface area contributed by atoms with Gasteiger partial charge in [0.2, 0.25) is 0 Å². The normalized spacial score (nSPS) is 19.8. The molecule has 0 saturated carbocycles. The van der Waals surface area contributed by atoms with E-state index < -0.39 is 43.1 Å². The summed E-state index contributed by atoms with van der Waals surface area (Å²) in [6.07, 6.45) is -4.68. The molecule has 1 heterocycles. The number of aliphatic carboxylic acids is 1. The van der Waals surface area contributed by atoms with E-state index in [1.54, 1.807) is 24.3 Å². The molecule has 1 aromatic carbocycles. The summed E-state index contributed by atoms with van der Waals surface area (Å²) < 4.78 is 49.5. The molecule has 1 aliphatic rings. The highest BCUT2D eigenvalue weighted by Crippen LogP contribution is 2.37. The third kappa shape index (κ3) is 5.49. The minimum Gasteiger partial charge on any atom is -0.491 e. The average Bonchev–Trinajstić information content (AvgIpc) is 3.07. The minimum atomic E-state index is -4.68.